The van der Waals surface area contributed by atoms with Crippen molar-refractivity contribution in [3.63, 3.8) is 0 Å². The van der Waals surface area contributed by atoms with Crippen LogP contribution in [0.5, 0.6) is 0 Å². The summed E-state index contributed by atoms with van der Waals surface area (Å²) in [5.74, 6) is 0.933. The van der Waals surface area contributed by atoms with Gasteiger partial charge in [-0.25, -0.2) is 0 Å². The monoisotopic (exact) mass is 271 g/mol. The number of nitrogens with zero attached hydrogens (tertiary/aromatic N) is 2. The Hall–Kier alpha value is -2.33. The highest BCUT2D eigenvalue weighted by molar-refractivity contribution is 6.30. The fourth-order valence-corrected chi connectivity index (χ4v) is 1.95. The minimum absolute atomic E-state index is 0.430. The average Bonchev–Trinajstić information content (AvgIpc) is 2.88. The molecule has 0 amide bonds. The molecule has 94 valence electrons. The van der Waals surface area contributed by atoms with Gasteiger partial charge in [0.1, 0.15) is 0 Å². The molecule has 2 N–H and O–H groups in total. The highest BCUT2D eigenvalue weighted by Gasteiger charge is 2.10. The zero-order valence-electron chi connectivity index (χ0n) is 9.88. The number of nitrogens with two attached hydrogens (primary N) is 1. The van der Waals surface area contributed by atoms with Crippen molar-refractivity contribution in [2.75, 3.05) is 5.73 Å². The molecule has 2 aromatic carbocycles. The van der Waals surface area contributed by atoms with Crippen molar-refractivity contribution < 1.29 is 4.52 Å². The van der Waals surface area contributed by atoms with Gasteiger partial charge in [-0.3, -0.25) is 0 Å². The molecule has 0 aliphatic rings. The average molecular weight is 272 g/mol. The van der Waals surface area contributed by atoms with Crippen LogP contribution in [0.2, 0.25) is 5.02 Å². The van der Waals surface area contributed by atoms with E-state index in [1.807, 2.05) is 30.3 Å². The molecule has 3 rings (SSSR count). The molecule has 1 heterocycles. The third-order valence-electron chi connectivity index (χ3n) is 2.64. The van der Waals surface area contributed by atoms with Crippen molar-refractivity contribution >= 4 is 17.3 Å². The van der Waals surface area contributed by atoms with Crippen molar-refractivity contribution in [1.82, 2.24) is 10.1 Å². The lowest BCUT2D eigenvalue weighted by Gasteiger charge is -1.95. The molecule has 0 fully saturated rings. The number of halogens is 1. The number of aromatic nitrogens is 2. The molecule has 19 heavy (non-hydrogen) atoms. The Balaban J connectivity index is 2.00. The Morgan fingerprint density at radius 1 is 1.00 bits per heavy atom. The first-order valence-electron chi connectivity index (χ1n) is 5.68. The van der Waals surface area contributed by atoms with Crippen molar-refractivity contribution in [3.05, 3.63) is 53.6 Å². The molecule has 5 heteroatoms. The molecule has 0 atom stereocenters. The molecule has 0 aliphatic carbocycles. The van der Waals surface area contributed by atoms with Crippen LogP contribution in [0.4, 0.5) is 5.69 Å². The molecular formula is C14H10ClN3O. The van der Waals surface area contributed by atoms with E-state index in [2.05, 4.69) is 10.1 Å². The first kappa shape index (κ1) is 11.7. The molecule has 4 nitrogen and oxygen atoms in total. The van der Waals surface area contributed by atoms with E-state index in [0.29, 0.717) is 22.4 Å². The lowest BCUT2D eigenvalue weighted by molar-refractivity contribution is 0.432. The van der Waals surface area contributed by atoms with Crippen LogP contribution in [0.1, 0.15) is 0 Å². The summed E-state index contributed by atoms with van der Waals surface area (Å²) in [5, 5.41) is 4.57. The third-order valence-corrected chi connectivity index (χ3v) is 2.88. The summed E-state index contributed by atoms with van der Waals surface area (Å²) >= 11 is 5.93. The van der Waals surface area contributed by atoms with E-state index in [0.717, 1.165) is 11.1 Å². The summed E-state index contributed by atoms with van der Waals surface area (Å²) in [5.41, 5.74) is 7.99. The second-order valence-corrected chi connectivity index (χ2v) is 4.50. The first-order valence-corrected chi connectivity index (χ1v) is 6.06. The van der Waals surface area contributed by atoms with Gasteiger partial charge in [0, 0.05) is 21.8 Å². The maximum absolute atomic E-state index is 5.93. The number of anilines is 1. The summed E-state index contributed by atoms with van der Waals surface area (Å²) in [6, 6.07) is 14.6. The number of benzene rings is 2. The van der Waals surface area contributed by atoms with Crippen molar-refractivity contribution in [2.45, 2.75) is 0 Å². The van der Waals surface area contributed by atoms with Crippen LogP contribution in [0, 0.1) is 0 Å². The standard InChI is InChI=1S/C14H10ClN3O/c15-11-5-1-4-10(7-11)14-17-13(18-19-14)9-3-2-6-12(16)8-9/h1-8H,16H2. The van der Waals surface area contributed by atoms with Gasteiger partial charge in [-0.05, 0) is 30.3 Å². The van der Waals surface area contributed by atoms with Crippen LogP contribution in [0.3, 0.4) is 0 Å². The van der Waals surface area contributed by atoms with Gasteiger partial charge in [0.15, 0.2) is 0 Å². The van der Waals surface area contributed by atoms with E-state index in [1.165, 1.54) is 0 Å². The van der Waals surface area contributed by atoms with E-state index in [-0.39, 0.29) is 0 Å². The smallest absolute Gasteiger partial charge is 0.258 e. The van der Waals surface area contributed by atoms with Gasteiger partial charge in [0.2, 0.25) is 5.82 Å². The second-order valence-electron chi connectivity index (χ2n) is 4.06. The van der Waals surface area contributed by atoms with E-state index in [9.17, 15) is 0 Å². The zero-order chi connectivity index (χ0) is 13.2. The molecule has 0 spiro atoms. The quantitative estimate of drug-likeness (QED) is 0.723. The molecule has 0 unspecified atom stereocenters. The normalized spacial score (nSPS) is 10.6. The molecule has 0 bridgehead atoms. The Bertz CT molecular complexity index is 664. The SMILES string of the molecule is Nc1cccc(-c2noc(-c3cccc(Cl)c3)n2)c1. The summed E-state index contributed by atoms with van der Waals surface area (Å²) in [4.78, 5) is 4.34. The fraction of sp³-hybridized carbons (Fsp3) is 0. The summed E-state index contributed by atoms with van der Waals surface area (Å²) in [7, 11) is 0. The predicted octanol–water partition coefficient (Wildman–Crippen LogP) is 3.64. The fourth-order valence-electron chi connectivity index (χ4n) is 1.76. The molecule has 0 aliphatic heterocycles. The van der Waals surface area contributed by atoms with Crippen LogP contribution in [-0.2, 0) is 0 Å². The summed E-state index contributed by atoms with van der Waals surface area (Å²) in [6.07, 6.45) is 0. The van der Waals surface area contributed by atoms with Crippen LogP contribution < -0.4 is 5.73 Å². The zero-order valence-corrected chi connectivity index (χ0v) is 10.6. The Morgan fingerprint density at radius 3 is 2.58 bits per heavy atom. The van der Waals surface area contributed by atoms with Gasteiger partial charge in [-0.1, -0.05) is 35.0 Å². The van der Waals surface area contributed by atoms with Gasteiger partial charge >= 0.3 is 0 Å². The summed E-state index contributed by atoms with van der Waals surface area (Å²) < 4.78 is 5.24. The maximum Gasteiger partial charge on any atom is 0.258 e. The van der Waals surface area contributed by atoms with E-state index in [1.54, 1.807) is 18.2 Å². The van der Waals surface area contributed by atoms with Crippen LogP contribution in [0.15, 0.2) is 53.1 Å². The minimum atomic E-state index is 0.430. The molecule has 0 saturated carbocycles. The van der Waals surface area contributed by atoms with Crippen LogP contribution >= 0.6 is 11.6 Å². The largest absolute Gasteiger partial charge is 0.399 e. The second kappa shape index (κ2) is 4.74. The van der Waals surface area contributed by atoms with Crippen molar-refractivity contribution in [3.8, 4) is 22.8 Å². The minimum Gasteiger partial charge on any atom is -0.399 e. The highest BCUT2D eigenvalue weighted by Crippen LogP contribution is 2.24. The molecular weight excluding hydrogens is 262 g/mol. The maximum atomic E-state index is 5.93. The van der Waals surface area contributed by atoms with Gasteiger partial charge in [0.05, 0.1) is 0 Å². The number of hydrogen-bond donors (Lipinski definition) is 1. The van der Waals surface area contributed by atoms with E-state index >= 15 is 0 Å². The molecule has 0 radical (unpaired) electrons. The summed E-state index contributed by atoms with van der Waals surface area (Å²) in [6.45, 7) is 0. The number of rotatable bonds is 2. The highest BCUT2D eigenvalue weighted by atomic mass is 35.5. The lowest BCUT2D eigenvalue weighted by Crippen LogP contribution is -1.86. The number of hydrogen-bond acceptors (Lipinski definition) is 4. The van der Waals surface area contributed by atoms with Gasteiger partial charge in [-0.15, -0.1) is 0 Å². The van der Waals surface area contributed by atoms with Gasteiger partial charge in [0.25, 0.3) is 5.89 Å². The van der Waals surface area contributed by atoms with Gasteiger partial charge < -0.3 is 10.3 Å². The Labute approximate surface area is 114 Å². The topological polar surface area (TPSA) is 64.9 Å². The van der Waals surface area contributed by atoms with Crippen LogP contribution in [0.25, 0.3) is 22.8 Å². The van der Waals surface area contributed by atoms with E-state index in [4.69, 9.17) is 21.9 Å². The van der Waals surface area contributed by atoms with Crippen molar-refractivity contribution in [2.24, 2.45) is 0 Å². The Morgan fingerprint density at radius 2 is 1.79 bits per heavy atom. The first-order chi connectivity index (χ1) is 9.22. The third kappa shape index (κ3) is 2.44. The number of nitrogen functional groups attached to an aromatic ring is 1. The molecule has 3 aromatic rings. The predicted molar refractivity (Wildman–Crippen MR) is 74.6 cm³/mol. The van der Waals surface area contributed by atoms with E-state index < -0.39 is 0 Å². The van der Waals surface area contributed by atoms with Crippen LogP contribution in [-0.4, -0.2) is 10.1 Å². The van der Waals surface area contributed by atoms with Crippen molar-refractivity contribution in [1.29, 1.82) is 0 Å². The molecule has 0 saturated heterocycles. The molecule has 1 aromatic heterocycles. The Kier molecular flexibility index (Phi) is 2.93. The lowest BCUT2D eigenvalue weighted by atomic mass is 10.2. The van der Waals surface area contributed by atoms with Gasteiger partial charge in [-0.2, -0.15) is 4.98 Å².